The third-order valence-corrected chi connectivity index (χ3v) is 5.02. The molecule has 1 aromatic heterocycles. The first-order valence-corrected chi connectivity index (χ1v) is 6.95. The molecule has 2 N–H and O–H groups in total. The van der Waals surface area contributed by atoms with Crippen molar-refractivity contribution in [2.45, 2.75) is 25.2 Å². The average molecular weight is 305 g/mol. The molecule has 0 saturated heterocycles. The Balaban J connectivity index is 2.04. The van der Waals surface area contributed by atoms with Crippen molar-refractivity contribution in [1.82, 2.24) is 5.16 Å². The fourth-order valence-electron chi connectivity index (χ4n) is 3.36. The Labute approximate surface area is 113 Å². The summed E-state index contributed by atoms with van der Waals surface area (Å²) in [5.41, 5.74) is 9.83. The number of anilines is 1. The van der Waals surface area contributed by atoms with Crippen LogP contribution in [0.4, 0.5) is 5.82 Å². The highest BCUT2D eigenvalue weighted by Crippen LogP contribution is 2.61. The summed E-state index contributed by atoms with van der Waals surface area (Å²) >= 11 is 3.53. The van der Waals surface area contributed by atoms with Crippen molar-refractivity contribution >= 4 is 21.7 Å². The van der Waals surface area contributed by atoms with Crippen molar-refractivity contribution in [3.8, 4) is 11.3 Å². The van der Waals surface area contributed by atoms with E-state index < -0.39 is 0 Å². The monoisotopic (exact) mass is 304 g/mol. The molecule has 2 aromatic rings. The predicted octanol–water partition coefficient (Wildman–Crippen LogP) is 3.52. The van der Waals surface area contributed by atoms with Crippen LogP contribution in [0.1, 0.15) is 24.5 Å². The zero-order valence-electron chi connectivity index (χ0n) is 10.0. The highest BCUT2D eigenvalue weighted by Gasteiger charge is 2.56. The number of benzene rings is 1. The number of nitrogen functional groups attached to an aromatic ring is 1. The summed E-state index contributed by atoms with van der Waals surface area (Å²) in [6, 6.07) is 6.44. The van der Waals surface area contributed by atoms with Crippen LogP contribution in [0.5, 0.6) is 0 Å². The average Bonchev–Trinajstić information content (AvgIpc) is 2.81. The van der Waals surface area contributed by atoms with Gasteiger partial charge in [-0.25, -0.2) is 0 Å². The molecule has 0 bridgehead atoms. The van der Waals surface area contributed by atoms with Gasteiger partial charge in [0.25, 0.3) is 0 Å². The number of nitrogens with two attached hydrogens (primary N) is 1. The van der Waals surface area contributed by atoms with Gasteiger partial charge in [0.15, 0.2) is 11.6 Å². The number of hydrogen-bond acceptors (Lipinski definition) is 3. The maximum atomic E-state index is 5.93. The van der Waals surface area contributed by atoms with Gasteiger partial charge >= 0.3 is 0 Å². The van der Waals surface area contributed by atoms with Crippen molar-refractivity contribution in [2.75, 3.05) is 5.73 Å². The lowest BCUT2D eigenvalue weighted by molar-refractivity contribution is 0.431. The van der Waals surface area contributed by atoms with Gasteiger partial charge in [-0.05, 0) is 36.5 Å². The number of fused-ring (bicyclic) bond motifs is 4. The van der Waals surface area contributed by atoms with Crippen LogP contribution in [0.25, 0.3) is 11.3 Å². The summed E-state index contributed by atoms with van der Waals surface area (Å²) in [5, 5.41) is 3.93. The van der Waals surface area contributed by atoms with Gasteiger partial charge in [-0.1, -0.05) is 34.1 Å². The molecule has 1 aromatic carbocycles. The summed E-state index contributed by atoms with van der Waals surface area (Å²) < 4.78 is 6.49. The van der Waals surface area contributed by atoms with E-state index in [4.69, 9.17) is 10.3 Å². The minimum absolute atomic E-state index is 0.267. The van der Waals surface area contributed by atoms with Gasteiger partial charge in [0.1, 0.15) is 0 Å². The van der Waals surface area contributed by atoms with Crippen molar-refractivity contribution in [3.63, 3.8) is 0 Å². The molecular formula is C14H13BrN2O. The Hall–Kier alpha value is -1.29. The first-order chi connectivity index (χ1) is 8.62. The number of halogens is 1. The second-order valence-electron chi connectivity index (χ2n) is 5.50. The van der Waals surface area contributed by atoms with Gasteiger partial charge in [-0.3, -0.25) is 0 Å². The van der Waals surface area contributed by atoms with Crippen LogP contribution in [0, 0.1) is 5.92 Å². The van der Waals surface area contributed by atoms with Gasteiger partial charge in [0.2, 0.25) is 0 Å². The smallest absolute Gasteiger partial charge is 0.172 e. The zero-order chi connectivity index (χ0) is 12.5. The van der Waals surface area contributed by atoms with Gasteiger partial charge in [-0.15, -0.1) is 0 Å². The largest absolute Gasteiger partial charge is 0.381 e. The molecule has 0 amide bonds. The molecule has 0 aliphatic heterocycles. The molecule has 2 atom stereocenters. The Morgan fingerprint density at radius 2 is 2.28 bits per heavy atom. The zero-order valence-corrected chi connectivity index (χ0v) is 11.6. The van der Waals surface area contributed by atoms with Crippen LogP contribution >= 0.6 is 15.9 Å². The fourth-order valence-corrected chi connectivity index (χ4v) is 3.72. The number of aromatic nitrogens is 1. The molecule has 1 saturated carbocycles. The van der Waals surface area contributed by atoms with Crippen molar-refractivity contribution in [2.24, 2.45) is 5.92 Å². The lowest BCUT2D eigenvalue weighted by atomic mass is 9.78. The molecule has 1 fully saturated rings. The molecule has 2 aliphatic carbocycles. The molecule has 4 heteroatoms. The third kappa shape index (κ3) is 1.17. The lowest BCUT2D eigenvalue weighted by Gasteiger charge is -2.25. The molecule has 4 rings (SSSR count). The molecule has 0 unspecified atom stereocenters. The standard InChI is InChI=1S/C14H13BrN2O/c1-7-5-14(7)6-10-12(18-17-13(10)16)9-4-8(15)2-3-11(9)14/h2-4,7H,5-6H2,1H3,(H2,16,17)/t7-,14+/m0/s1. The van der Waals surface area contributed by atoms with E-state index in [2.05, 4.69) is 46.2 Å². The van der Waals surface area contributed by atoms with Crippen LogP contribution in [0.15, 0.2) is 27.2 Å². The summed E-state index contributed by atoms with van der Waals surface area (Å²) in [7, 11) is 0. The third-order valence-electron chi connectivity index (χ3n) is 4.53. The van der Waals surface area contributed by atoms with E-state index in [0.29, 0.717) is 11.7 Å². The van der Waals surface area contributed by atoms with Crippen LogP contribution in [0.3, 0.4) is 0 Å². The number of nitrogens with zero attached hydrogens (tertiary/aromatic N) is 1. The second-order valence-corrected chi connectivity index (χ2v) is 6.42. The Morgan fingerprint density at radius 3 is 3.00 bits per heavy atom. The molecule has 3 nitrogen and oxygen atoms in total. The molecule has 1 heterocycles. The Bertz CT molecular complexity index is 664. The number of hydrogen-bond donors (Lipinski definition) is 1. The summed E-state index contributed by atoms with van der Waals surface area (Å²) in [4.78, 5) is 0. The van der Waals surface area contributed by atoms with Gasteiger partial charge in [-0.2, -0.15) is 0 Å². The second kappa shape index (κ2) is 3.18. The quantitative estimate of drug-likeness (QED) is 0.810. The van der Waals surface area contributed by atoms with E-state index in [1.54, 1.807) is 0 Å². The maximum Gasteiger partial charge on any atom is 0.172 e. The summed E-state index contributed by atoms with van der Waals surface area (Å²) in [5.74, 6) is 2.11. The van der Waals surface area contributed by atoms with E-state index in [1.165, 1.54) is 12.0 Å². The maximum absolute atomic E-state index is 5.93. The van der Waals surface area contributed by atoms with E-state index >= 15 is 0 Å². The molecule has 1 spiro atoms. The normalized spacial score (nSPS) is 28.0. The Morgan fingerprint density at radius 1 is 1.50 bits per heavy atom. The molecule has 0 radical (unpaired) electrons. The van der Waals surface area contributed by atoms with Crippen molar-refractivity contribution < 1.29 is 4.52 Å². The minimum Gasteiger partial charge on any atom is -0.381 e. The molecular weight excluding hydrogens is 292 g/mol. The van der Waals surface area contributed by atoms with E-state index in [9.17, 15) is 0 Å². The predicted molar refractivity (Wildman–Crippen MR) is 73.2 cm³/mol. The number of rotatable bonds is 0. The van der Waals surface area contributed by atoms with Crippen LogP contribution in [-0.4, -0.2) is 5.16 Å². The molecule has 2 aliphatic rings. The highest BCUT2D eigenvalue weighted by atomic mass is 79.9. The van der Waals surface area contributed by atoms with E-state index in [1.807, 2.05) is 0 Å². The van der Waals surface area contributed by atoms with Gasteiger partial charge in [0, 0.05) is 21.0 Å². The van der Waals surface area contributed by atoms with Gasteiger partial charge in [0.05, 0.1) is 0 Å². The van der Waals surface area contributed by atoms with E-state index in [0.717, 1.165) is 27.8 Å². The van der Waals surface area contributed by atoms with Crippen molar-refractivity contribution in [1.29, 1.82) is 0 Å². The first-order valence-electron chi connectivity index (χ1n) is 6.16. The summed E-state index contributed by atoms with van der Waals surface area (Å²) in [6.45, 7) is 2.31. The topological polar surface area (TPSA) is 52.0 Å². The SMILES string of the molecule is C[C@H]1C[C@@]12Cc1c(N)noc1-c1cc(Br)ccc12. The van der Waals surface area contributed by atoms with Crippen LogP contribution in [-0.2, 0) is 11.8 Å². The highest BCUT2D eigenvalue weighted by molar-refractivity contribution is 9.10. The lowest BCUT2D eigenvalue weighted by Crippen LogP contribution is -2.19. The van der Waals surface area contributed by atoms with Crippen LogP contribution in [0.2, 0.25) is 0 Å². The van der Waals surface area contributed by atoms with Crippen molar-refractivity contribution in [3.05, 3.63) is 33.8 Å². The Kier molecular flexibility index (Phi) is 1.87. The minimum atomic E-state index is 0.267. The molecule has 92 valence electrons. The van der Waals surface area contributed by atoms with E-state index in [-0.39, 0.29) is 5.41 Å². The molecule has 18 heavy (non-hydrogen) atoms. The van der Waals surface area contributed by atoms with Gasteiger partial charge < -0.3 is 10.3 Å². The first kappa shape index (κ1) is 10.6. The van der Waals surface area contributed by atoms with Crippen LogP contribution < -0.4 is 5.73 Å². The summed E-state index contributed by atoms with van der Waals surface area (Å²) in [6.07, 6.45) is 2.19. The fraction of sp³-hybridized carbons (Fsp3) is 0.357.